The molecule has 6 aromatic rings. The predicted octanol–water partition coefficient (Wildman–Crippen LogP) is 3.17. The number of nitrogens with zero attached hydrogens (tertiary/aromatic N) is 8. The van der Waals surface area contributed by atoms with Crippen molar-refractivity contribution in [3.05, 3.63) is 69.8 Å². The molecule has 0 bridgehead atoms. The molecule has 1 unspecified atom stereocenters. The maximum atomic E-state index is 13.6. The minimum absolute atomic E-state index is 0.281. The Hall–Kier alpha value is -6.43. The van der Waals surface area contributed by atoms with Crippen molar-refractivity contribution in [1.29, 1.82) is 0 Å². The van der Waals surface area contributed by atoms with Gasteiger partial charge in [-0.25, -0.2) is 9.97 Å². The van der Waals surface area contributed by atoms with Crippen LogP contribution in [0.2, 0.25) is 0 Å². The molecule has 8 rings (SSSR count). The highest BCUT2D eigenvalue weighted by Gasteiger charge is 2.27. The van der Waals surface area contributed by atoms with Crippen LogP contribution in [0.5, 0.6) is 11.5 Å². The van der Waals surface area contributed by atoms with E-state index in [0.29, 0.717) is 108 Å². The summed E-state index contributed by atoms with van der Waals surface area (Å²) in [6.45, 7) is 8.59. The Morgan fingerprint density at radius 3 is 2.07 bits per heavy atom. The largest absolute Gasteiger partial charge is 0.489 e. The summed E-state index contributed by atoms with van der Waals surface area (Å²) in [6, 6.07) is 8.18. The molecule has 4 aromatic heterocycles. The van der Waals surface area contributed by atoms with Gasteiger partial charge < -0.3 is 40.5 Å². The maximum absolute atomic E-state index is 13.6. The molecular weight excluding hydrogens is 708 g/mol. The highest BCUT2D eigenvalue weighted by Crippen LogP contribution is 2.36. The summed E-state index contributed by atoms with van der Waals surface area (Å²) >= 11 is 0. The minimum Gasteiger partial charge on any atom is -0.489 e. The van der Waals surface area contributed by atoms with E-state index in [0.717, 1.165) is 36.0 Å². The number of rotatable bonds is 14. The van der Waals surface area contributed by atoms with Gasteiger partial charge in [-0.05, 0) is 70.4 Å². The number of primary amides is 2. The van der Waals surface area contributed by atoms with Crippen LogP contribution in [0.4, 0.5) is 11.9 Å². The molecule has 0 aliphatic carbocycles. The third-order valence-electron chi connectivity index (χ3n) is 10.1. The molecule has 0 radical (unpaired) electrons. The first kappa shape index (κ1) is 35.6. The first-order chi connectivity index (χ1) is 26.5. The molecule has 7 N–H and O–H groups in total. The fourth-order valence-electron chi connectivity index (χ4n) is 7.59. The molecule has 2 aliphatic rings. The summed E-state index contributed by atoms with van der Waals surface area (Å²) in [5, 5.41) is 27.1. The van der Waals surface area contributed by atoms with Crippen molar-refractivity contribution < 1.29 is 29.0 Å². The molecule has 3 amide bonds. The van der Waals surface area contributed by atoms with Crippen LogP contribution in [0.25, 0.3) is 22.1 Å². The lowest BCUT2D eigenvalue weighted by molar-refractivity contribution is 0.0991. The Morgan fingerprint density at radius 1 is 0.836 bits per heavy atom. The fraction of sp³-hybridized carbons (Fsp3) is 0.378. The van der Waals surface area contributed by atoms with Gasteiger partial charge in [0.25, 0.3) is 5.91 Å². The van der Waals surface area contributed by atoms with Crippen LogP contribution < -0.4 is 31.6 Å². The van der Waals surface area contributed by atoms with Crippen molar-refractivity contribution in [2.24, 2.45) is 11.5 Å². The standard InChI is InChI=1S/C37H42N12O6/c1-4-48-29(35(53)43-37-41-25-16-22(33(39)51)18-28-31(25)47(37)11-13-55-28)23(20(3)45-48)8-6-5-7-9-49-26(14-19(2)44-49)34(52)42-36-40-24-15-21(32(38)50)17-27-30(24)46(36)10-12-54-27/h14-18,35,53H,4-13H2,1-3H3,(H2,38,50)(H2,39,51)(H,41,43)(H,40,42,52). The molecule has 0 saturated heterocycles. The van der Waals surface area contributed by atoms with Gasteiger partial charge in [-0.15, -0.1) is 0 Å². The van der Waals surface area contributed by atoms with Crippen molar-refractivity contribution >= 4 is 51.7 Å². The zero-order valence-electron chi connectivity index (χ0n) is 30.8. The highest BCUT2D eigenvalue weighted by atomic mass is 16.5. The summed E-state index contributed by atoms with van der Waals surface area (Å²) in [7, 11) is 0. The summed E-state index contributed by atoms with van der Waals surface area (Å²) in [6.07, 6.45) is 1.98. The summed E-state index contributed by atoms with van der Waals surface area (Å²) in [4.78, 5) is 46.6. The third-order valence-corrected chi connectivity index (χ3v) is 10.1. The van der Waals surface area contributed by atoms with Gasteiger partial charge in [-0.2, -0.15) is 10.2 Å². The van der Waals surface area contributed by atoms with E-state index in [1.54, 1.807) is 39.7 Å². The Bertz CT molecular complexity index is 2510. The van der Waals surface area contributed by atoms with Gasteiger partial charge in [0.05, 0.1) is 41.2 Å². The molecule has 0 spiro atoms. The smallest absolute Gasteiger partial charge is 0.276 e. The number of aliphatic hydroxyl groups excluding tert-OH is 1. The summed E-state index contributed by atoms with van der Waals surface area (Å²) in [5.41, 5.74) is 17.7. The van der Waals surface area contributed by atoms with E-state index in [2.05, 4.69) is 20.7 Å². The average Bonchev–Trinajstić information content (AvgIpc) is 3.91. The Morgan fingerprint density at radius 2 is 1.45 bits per heavy atom. The zero-order chi connectivity index (χ0) is 38.5. The van der Waals surface area contributed by atoms with Gasteiger partial charge >= 0.3 is 0 Å². The number of anilines is 2. The van der Waals surface area contributed by atoms with Gasteiger partial charge in [0, 0.05) is 29.8 Å². The van der Waals surface area contributed by atoms with Crippen LogP contribution >= 0.6 is 0 Å². The highest BCUT2D eigenvalue weighted by molar-refractivity contribution is 6.04. The molecule has 55 heavy (non-hydrogen) atoms. The second kappa shape index (κ2) is 14.1. The molecular formula is C37H42N12O6. The number of aryl methyl sites for hydroxylation is 4. The summed E-state index contributed by atoms with van der Waals surface area (Å²) < 4.78 is 18.9. The lowest BCUT2D eigenvalue weighted by Crippen LogP contribution is -2.22. The minimum atomic E-state index is -1.11. The number of benzene rings is 2. The van der Waals surface area contributed by atoms with Gasteiger partial charge in [0.1, 0.15) is 41.4 Å². The van der Waals surface area contributed by atoms with E-state index in [4.69, 9.17) is 31.0 Å². The molecule has 0 saturated carbocycles. The van der Waals surface area contributed by atoms with E-state index in [1.807, 2.05) is 29.9 Å². The third kappa shape index (κ3) is 6.47. The van der Waals surface area contributed by atoms with Crippen molar-refractivity contribution in [2.45, 2.75) is 78.9 Å². The quantitative estimate of drug-likeness (QED) is 0.0801. The SMILES string of the molecule is CCn1nc(C)c(CCCCCn2nc(C)cc2C(=O)Nc2nc3cc(C(N)=O)cc4c3n2CCO4)c1C(O)Nc1nc2cc(C(N)=O)cc3c2n1CCO3. The van der Waals surface area contributed by atoms with E-state index in [9.17, 15) is 19.5 Å². The number of carbonyl (C=O) groups excluding carboxylic acids is 3. The van der Waals surface area contributed by atoms with Crippen molar-refractivity contribution in [1.82, 2.24) is 38.7 Å². The van der Waals surface area contributed by atoms with Crippen molar-refractivity contribution in [2.75, 3.05) is 23.8 Å². The average molecular weight is 751 g/mol. The first-order valence-electron chi connectivity index (χ1n) is 18.3. The second-order valence-corrected chi connectivity index (χ2v) is 13.8. The molecule has 2 aliphatic heterocycles. The number of aromatic nitrogens is 8. The molecule has 6 heterocycles. The van der Waals surface area contributed by atoms with Crippen LogP contribution in [-0.2, 0) is 32.6 Å². The number of nitrogens with one attached hydrogen (secondary N) is 2. The van der Waals surface area contributed by atoms with E-state index < -0.39 is 18.0 Å². The zero-order valence-corrected chi connectivity index (χ0v) is 30.8. The number of imidazole rings is 2. The van der Waals surface area contributed by atoms with Crippen LogP contribution in [0.1, 0.15) is 86.3 Å². The number of ether oxygens (including phenoxy) is 2. The lowest BCUT2D eigenvalue weighted by Gasteiger charge is -2.21. The Labute approximate surface area is 314 Å². The molecule has 1 atom stereocenters. The summed E-state index contributed by atoms with van der Waals surface area (Å²) in [5.74, 6) is 0.307. The molecule has 0 fully saturated rings. The van der Waals surface area contributed by atoms with Gasteiger partial charge in [0.2, 0.25) is 23.7 Å². The van der Waals surface area contributed by atoms with Gasteiger partial charge in [-0.1, -0.05) is 6.42 Å². The number of amides is 3. The first-order valence-corrected chi connectivity index (χ1v) is 18.3. The Balaban J connectivity index is 0.930. The van der Waals surface area contributed by atoms with E-state index >= 15 is 0 Å². The number of hydrogen-bond donors (Lipinski definition) is 5. The molecule has 286 valence electrons. The topological polar surface area (TPSA) is 237 Å². The second-order valence-electron chi connectivity index (χ2n) is 13.8. The molecule has 18 heteroatoms. The Kier molecular flexibility index (Phi) is 9.12. The maximum Gasteiger partial charge on any atom is 0.276 e. The van der Waals surface area contributed by atoms with Crippen LogP contribution in [0, 0.1) is 13.8 Å². The number of hydrogen-bond acceptors (Lipinski definition) is 11. The monoisotopic (exact) mass is 750 g/mol. The van der Waals surface area contributed by atoms with Gasteiger partial charge in [-0.3, -0.25) is 29.1 Å². The predicted molar refractivity (Wildman–Crippen MR) is 201 cm³/mol. The van der Waals surface area contributed by atoms with Crippen molar-refractivity contribution in [3.8, 4) is 11.5 Å². The lowest BCUT2D eigenvalue weighted by atomic mass is 10.0. The number of unbranched alkanes of at least 4 members (excludes halogenated alkanes) is 2. The number of aliphatic hydroxyl groups is 1. The number of nitrogens with two attached hydrogens (primary N) is 2. The fourth-order valence-corrected chi connectivity index (χ4v) is 7.59. The van der Waals surface area contributed by atoms with Gasteiger partial charge in [0.15, 0.2) is 6.23 Å². The van der Waals surface area contributed by atoms with Crippen LogP contribution in [-0.4, -0.2) is 74.7 Å². The van der Waals surface area contributed by atoms with Crippen LogP contribution in [0.15, 0.2) is 30.3 Å². The molecule has 18 nitrogen and oxygen atoms in total. The van der Waals surface area contributed by atoms with E-state index in [-0.39, 0.29) is 11.5 Å². The van der Waals surface area contributed by atoms with Crippen molar-refractivity contribution in [3.63, 3.8) is 0 Å². The number of carbonyl (C=O) groups is 3. The van der Waals surface area contributed by atoms with Crippen LogP contribution in [0.3, 0.4) is 0 Å². The van der Waals surface area contributed by atoms with E-state index in [1.165, 1.54) is 0 Å². The normalized spacial score (nSPS) is 13.8. The molecule has 2 aromatic carbocycles.